The Balaban J connectivity index is 5.49. The Bertz CT molecular complexity index is 672. The Morgan fingerprint density at radius 3 is 1.78 bits per heavy atom. The standard InChI is InChI=1S/C20H36N4O7S/c1-10(2)8-13(24-19(29)16(21)11(3)4)17(27)23-14(9-15(25)26)18(28)22-12(20(30)31)6-7-32-5/h10-14,16H,6-9,21H2,1-5H3,(H,22,28)(H,23,27)(H,24,29)(H,25,26)(H,30,31). The summed E-state index contributed by atoms with van der Waals surface area (Å²) < 4.78 is 0. The first kappa shape index (κ1) is 29.7. The number of carbonyl (C=O) groups excluding carboxylic acids is 3. The number of thioether (sulfide) groups is 1. The summed E-state index contributed by atoms with van der Waals surface area (Å²) in [6.45, 7) is 7.18. The van der Waals surface area contributed by atoms with Gasteiger partial charge in [0, 0.05) is 0 Å². The van der Waals surface area contributed by atoms with Crippen molar-refractivity contribution in [3.8, 4) is 0 Å². The molecular weight excluding hydrogens is 440 g/mol. The minimum atomic E-state index is -1.51. The zero-order valence-corrected chi connectivity index (χ0v) is 20.0. The van der Waals surface area contributed by atoms with Crippen LogP contribution in [0.25, 0.3) is 0 Å². The molecule has 0 aliphatic carbocycles. The first-order valence-corrected chi connectivity index (χ1v) is 11.8. The number of amides is 3. The van der Waals surface area contributed by atoms with Crippen LogP contribution in [0, 0.1) is 11.8 Å². The van der Waals surface area contributed by atoms with Crippen LogP contribution < -0.4 is 21.7 Å². The van der Waals surface area contributed by atoms with Gasteiger partial charge in [0.25, 0.3) is 0 Å². The predicted octanol–water partition coefficient (Wildman–Crippen LogP) is -0.217. The van der Waals surface area contributed by atoms with Crippen LogP contribution in [0.1, 0.15) is 47.0 Å². The maximum Gasteiger partial charge on any atom is 0.326 e. The van der Waals surface area contributed by atoms with Gasteiger partial charge in [-0.1, -0.05) is 27.7 Å². The van der Waals surface area contributed by atoms with Gasteiger partial charge in [-0.3, -0.25) is 19.2 Å². The number of nitrogens with two attached hydrogens (primary N) is 1. The fraction of sp³-hybridized carbons (Fsp3) is 0.750. The molecule has 0 saturated carbocycles. The third kappa shape index (κ3) is 11.3. The monoisotopic (exact) mass is 476 g/mol. The van der Waals surface area contributed by atoms with E-state index in [2.05, 4.69) is 16.0 Å². The van der Waals surface area contributed by atoms with Gasteiger partial charge in [-0.05, 0) is 36.7 Å². The maximum atomic E-state index is 12.8. The molecule has 0 bridgehead atoms. The fourth-order valence-corrected chi connectivity index (χ4v) is 3.17. The van der Waals surface area contributed by atoms with E-state index >= 15 is 0 Å². The van der Waals surface area contributed by atoms with E-state index in [0.717, 1.165) is 0 Å². The predicted molar refractivity (Wildman–Crippen MR) is 121 cm³/mol. The number of carboxylic acids is 2. The van der Waals surface area contributed by atoms with E-state index in [-0.39, 0.29) is 24.7 Å². The van der Waals surface area contributed by atoms with Gasteiger partial charge in [-0.15, -0.1) is 0 Å². The maximum absolute atomic E-state index is 12.8. The molecule has 0 aliphatic heterocycles. The molecule has 0 fully saturated rings. The van der Waals surface area contributed by atoms with Gasteiger partial charge in [-0.2, -0.15) is 11.8 Å². The second-order valence-corrected chi connectivity index (χ2v) is 9.29. The highest BCUT2D eigenvalue weighted by Crippen LogP contribution is 2.08. The van der Waals surface area contributed by atoms with E-state index in [1.165, 1.54) is 11.8 Å². The van der Waals surface area contributed by atoms with E-state index in [4.69, 9.17) is 10.8 Å². The summed E-state index contributed by atoms with van der Waals surface area (Å²) in [6, 6.07) is -4.62. The van der Waals surface area contributed by atoms with Crippen molar-refractivity contribution in [3.63, 3.8) is 0 Å². The van der Waals surface area contributed by atoms with Crippen LogP contribution in [0.15, 0.2) is 0 Å². The van der Waals surface area contributed by atoms with Crippen LogP contribution in [0.2, 0.25) is 0 Å². The lowest BCUT2D eigenvalue weighted by atomic mass is 10.00. The zero-order chi connectivity index (χ0) is 25.0. The molecule has 0 rings (SSSR count). The highest BCUT2D eigenvalue weighted by atomic mass is 32.2. The van der Waals surface area contributed by atoms with Crippen molar-refractivity contribution < 1.29 is 34.2 Å². The third-order valence-corrected chi connectivity index (χ3v) is 5.24. The van der Waals surface area contributed by atoms with Crippen molar-refractivity contribution >= 4 is 41.4 Å². The molecule has 0 aromatic heterocycles. The van der Waals surface area contributed by atoms with Crippen LogP contribution in [-0.2, 0) is 24.0 Å². The minimum absolute atomic E-state index is 0.00369. The summed E-state index contributed by atoms with van der Waals surface area (Å²) in [7, 11) is 0. The summed E-state index contributed by atoms with van der Waals surface area (Å²) in [4.78, 5) is 60.4. The molecule has 184 valence electrons. The number of rotatable bonds is 15. The SMILES string of the molecule is CSCCC(NC(=O)C(CC(=O)O)NC(=O)C(CC(C)C)NC(=O)C(N)C(C)C)C(=O)O. The molecule has 4 atom stereocenters. The van der Waals surface area contributed by atoms with Crippen molar-refractivity contribution in [2.75, 3.05) is 12.0 Å². The van der Waals surface area contributed by atoms with E-state index in [9.17, 15) is 29.1 Å². The van der Waals surface area contributed by atoms with Crippen molar-refractivity contribution in [2.24, 2.45) is 17.6 Å². The molecule has 0 saturated heterocycles. The number of aliphatic carboxylic acids is 2. The zero-order valence-electron chi connectivity index (χ0n) is 19.2. The van der Waals surface area contributed by atoms with Crippen LogP contribution >= 0.6 is 11.8 Å². The number of carboxylic acid groups (broad SMARTS) is 2. The van der Waals surface area contributed by atoms with Crippen molar-refractivity contribution in [1.82, 2.24) is 16.0 Å². The first-order chi connectivity index (χ1) is 14.8. The lowest BCUT2D eigenvalue weighted by Crippen LogP contribution is -2.58. The summed E-state index contributed by atoms with van der Waals surface area (Å²) in [6.07, 6.45) is 1.40. The smallest absolute Gasteiger partial charge is 0.326 e. The van der Waals surface area contributed by atoms with Gasteiger partial charge in [0.2, 0.25) is 17.7 Å². The molecule has 0 aromatic carbocycles. The first-order valence-electron chi connectivity index (χ1n) is 10.4. The van der Waals surface area contributed by atoms with E-state index in [1.54, 1.807) is 20.1 Å². The summed E-state index contributed by atoms with van der Waals surface area (Å²) in [5, 5.41) is 25.6. The van der Waals surface area contributed by atoms with Crippen LogP contribution in [0.3, 0.4) is 0 Å². The molecule has 3 amide bonds. The van der Waals surface area contributed by atoms with Crippen molar-refractivity contribution in [1.29, 1.82) is 0 Å². The Morgan fingerprint density at radius 1 is 0.844 bits per heavy atom. The normalized spacial score (nSPS) is 14.9. The molecule has 0 spiro atoms. The molecule has 4 unspecified atom stereocenters. The van der Waals surface area contributed by atoms with Gasteiger partial charge < -0.3 is 31.9 Å². The summed E-state index contributed by atoms with van der Waals surface area (Å²) in [5.74, 6) is -4.54. The van der Waals surface area contributed by atoms with Gasteiger partial charge >= 0.3 is 11.9 Å². The number of nitrogens with one attached hydrogen (secondary N) is 3. The van der Waals surface area contributed by atoms with E-state index < -0.39 is 60.2 Å². The van der Waals surface area contributed by atoms with E-state index in [1.807, 2.05) is 13.8 Å². The number of carbonyl (C=O) groups is 5. The second-order valence-electron chi connectivity index (χ2n) is 8.30. The third-order valence-electron chi connectivity index (χ3n) is 4.60. The Morgan fingerprint density at radius 2 is 1.34 bits per heavy atom. The molecular formula is C20H36N4O7S. The van der Waals surface area contributed by atoms with Crippen LogP contribution in [0.4, 0.5) is 0 Å². The van der Waals surface area contributed by atoms with Crippen LogP contribution in [0.5, 0.6) is 0 Å². The largest absolute Gasteiger partial charge is 0.481 e. The highest BCUT2D eigenvalue weighted by molar-refractivity contribution is 7.98. The van der Waals surface area contributed by atoms with Gasteiger partial charge in [-0.25, -0.2) is 4.79 Å². The summed E-state index contributed by atoms with van der Waals surface area (Å²) >= 11 is 1.39. The van der Waals surface area contributed by atoms with Gasteiger partial charge in [0.05, 0.1) is 12.5 Å². The Hall–Kier alpha value is -2.34. The Labute approximate surface area is 192 Å². The molecule has 11 nitrogen and oxygen atoms in total. The molecule has 12 heteroatoms. The topological polar surface area (TPSA) is 188 Å². The van der Waals surface area contributed by atoms with Gasteiger partial charge in [0.1, 0.15) is 18.1 Å². The average Bonchev–Trinajstić information content (AvgIpc) is 2.67. The van der Waals surface area contributed by atoms with Crippen molar-refractivity contribution in [2.45, 2.75) is 71.1 Å². The van der Waals surface area contributed by atoms with Crippen molar-refractivity contribution in [3.05, 3.63) is 0 Å². The lowest BCUT2D eigenvalue weighted by Gasteiger charge is -2.26. The average molecular weight is 477 g/mol. The van der Waals surface area contributed by atoms with Gasteiger partial charge in [0.15, 0.2) is 0 Å². The highest BCUT2D eigenvalue weighted by Gasteiger charge is 2.32. The minimum Gasteiger partial charge on any atom is -0.481 e. The lowest BCUT2D eigenvalue weighted by molar-refractivity contribution is -0.143. The summed E-state index contributed by atoms with van der Waals surface area (Å²) in [5.41, 5.74) is 5.83. The molecule has 0 aromatic rings. The quantitative estimate of drug-likeness (QED) is 0.186. The fourth-order valence-electron chi connectivity index (χ4n) is 2.70. The number of hydrogen-bond acceptors (Lipinski definition) is 7. The number of hydrogen-bond donors (Lipinski definition) is 6. The van der Waals surface area contributed by atoms with Crippen LogP contribution in [-0.4, -0.2) is 76.0 Å². The van der Waals surface area contributed by atoms with E-state index in [0.29, 0.717) is 5.75 Å². The Kier molecular flexibility index (Phi) is 13.6. The molecule has 0 heterocycles. The molecule has 32 heavy (non-hydrogen) atoms. The molecule has 7 N–H and O–H groups in total. The molecule has 0 aliphatic rings. The second kappa shape index (κ2) is 14.7. The molecule has 0 radical (unpaired) electrons.